The molecule has 0 amide bonds. The molecule has 124 valence electrons. The van der Waals surface area contributed by atoms with Gasteiger partial charge in [-0.3, -0.25) is 4.79 Å². The minimum Gasteiger partial charge on any atom is -0.481 e. The highest BCUT2D eigenvalue weighted by atomic mass is 16.5. The van der Waals surface area contributed by atoms with Gasteiger partial charge in [0.25, 0.3) is 0 Å². The standard InChI is InChI=1S/C17H33NO3/c1-2-3-4-5-6-7-8-12-18-13-9-16(10-14-18)21-15-11-17(19)20/h16H,2-15H2,1H3,(H,19,20). The topological polar surface area (TPSA) is 49.8 Å². The predicted molar refractivity (Wildman–Crippen MR) is 85.7 cm³/mol. The zero-order valence-electron chi connectivity index (χ0n) is 13.7. The minimum atomic E-state index is -0.772. The molecule has 0 saturated carbocycles. The third-order valence-electron chi connectivity index (χ3n) is 4.28. The van der Waals surface area contributed by atoms with Crippen molar-refractivity contribution in [2.24, 2.45) is 0 Å². The fraction of sp³-hybridized carbons (Fsp3) is 0.941. The normalized spacial score (nSPS) is 17.2. The summed E-state index contributed by atoms with van der Waals surface area (Å²) in [5.41, 5.74) is 0. The zero-order chi connectivity index (χ0) is 15.3. The van der Waals surface area contributed by atoms with Gasteiger partial charge in [0.2, 0.25) is 0 Å². The Bertz CT molecular complexity index is 263. The average Bonchev–Trinajstić information content (AvgIpc) is 2.47. The third kappa shape index (κ3) is 9.86. The predicted octanol–water partition coefficient (Wildman–Crippen LogP) is 3.69. The maximum Gasteiger partial charge on any atom is 0.305 e. The lowest BCUT2D eigenvalue weighted by molar-refractivity contribution is -0.138. The zero-order valence-corrected chi connectivity index (χ0v) is 13.7. The second-order valence-corrected chi connectivity index (χ2v) is 6.18. The van der Waals surface area contributed by atoms with Gasteiger partial charge in [-0.1, -0.05) is 45.4 Å². The van der Waals surface area contributed by atoms with Gasteiger partial charge in [-0.05, 0) is 25.8 Å². The lowest BCUT2D eigenvalue weighted by Gasteiger charge is -2.31. The van der Waals surface area contributed by atoms with E-state index in [2.05, 4.69) is 11.8 Å². The van der Waals surface area contributed by atoms with Gasteiger partial charge in [-0.2, -0.15) is 0 Å². The summed E-state index contributed by atoms with van der Waals surface area (Å²) in [5.74, 6) is -0.772. The van der Waals surface area contributed by atoms with Crippen LogP contribution in [0.1, 0.15) is 71.1 Å². The first-order chi connectivity index (χ1) is 10.2. The summed E-state index contributed by atoms with van der Waals surface area (Å²) in [7, 11) is 0. The lowest BCUT2D eigenvalue weighted by atomic mass is 10.1. The van der Waals surface area contributed by atoms with Crippen LogP contribution in [0.5, 0.6) is 0 Å². The molecule has 1 rings (SSSR count). The maximum absolute atomic E-state index is 10.4. The molecule has 1 heterocycles. The molecule has 1 N–H and O–H groups in total. The van der Waals surface area contributed by atoms with Crippen molar-refractivity contribution in [3.8, 4) is 0 Å². The molecule has 1 aliphatic heterocycles. The number of rotatable bonds is 12. The molecular weight excluding hydrogens is 266 g/mol. The maximum atomic E-state index is 10.4. The number of hydrogen-bond acceptors (Lipinski definition) is 3. The van der Waals surface area contributed by atoms with Gasteiger partial charge in [0.15, 0.2) is 0 Å². The van der Waals surface area contributed by atoms with Crippen molar-refractivity contribution in [2.45, 2.75) is 77.2 Å². The monoisotopic (exact) mass is 299 g/mol. The largest absolute Gasteiger partial charge is 0.481 e. The number of hydrogen-bond donors (Lipinski definition) is 1. The first-order valence-electron chi connectivity index (χ1n) is 8.78. The smallest absolute Gasteiger partial charge is 0.305 e. The summed E-state index contributed by atoms with van der Waals surface area (Å²) in [6, 6.07) is 0. The van der Waals surface area contributed by atoms with Crippen LogP contribution in [-0.2, 0) is 9.53 Å². The number of unbranched alkanes of at least 4 members (excludes halogenated alkanes) is 6. The summed E-state index contributed by atoms with van der Waals surface area (Å²) in [6.07, 6.45) is 12.1. The molecule has 0 bridgehead atoms. The summed E-state index contributed by atoms with van der Waals surface area (Å²) in [4.78, 5) is 13.0. The van der Waals surface area contributed by atoms with Crippen molar-refractivity contribution in [3.63, 3.8) is 0 Å². The Morgan fingerprint density at radius 1 is 1.10 bits per heavy atom. The first-order valence-corrected chi connectivity index (χ1v) is 8.78. The quantitative estimate of drug-likeness (QED) is 0.558. The Morgan fingerprint density at radius 2 is 1.71 bits per heavy atom. The minimum absolute atomic E-state index is 0.123. The van der Waals surface area contributed by atoms with E-state index in [1.165, 1.54) is 51.5 Å². The van der Waals surface area contributed by atoms with Gasteiger partial charge >= 0.3 is 5.97 Å². The van der Waals surface area contributed by atoms with Crippen LogP contribution in [0, 0.1) is 0 Å². The van der Waals surface area contributed by atoms with Crippen molar-refractivity contribution in [1.82, 2.24) is 4.90 Å². The third-order valence-corrected chi connectivity index (χ3v) is 4.28. The summed E-state index contributed by atoms with van der Waals surface area (Å²) < 4.78 is 5.62. The fourth-order valence-corrected chi connectivity index (χ4v) is 2.90. The van der Waals surface area contributed by atoms with Crippen LogP contribution in [0.4, 0.5) is 0 Å². The highest BCUT2D eigenvalue weighted by Crippen LogP contribution is 2.15. The van der Waals surface area contributed by atoms with Gasteiger partial charge in [0, 0.05) is 13.1 Å². The first kappa shape index (κ1) is 18.4. The number of carboxylic acids is 1. The van der Waals surface area contributed by atoms with Crippen molar-refractivity contribution < 1.29 is 14.6 Å². The number of carboxylic acid groups (broad SMARTS) is 1. The molecule has 1 saturated heterocycles. The van der Waals surface area contributed by atoms with Gasteiger partial charge in [-0.25, -0.2) is 0 Å². The molecule has 0 atom stereocenters. The van der Waals surface area contributed by atoms with Crippen molar-refractivity contribution in [2.75, 3.05) is 26.2 Å². The second kappa shape index (κ2) is 12.0. The molecule has 0 aromatic carbocycles. The SMILES string of the molecule is CCCCCCCCCN1CCC(OCCC(=O)O)CC1. The molecule has 0 aromatic heterocycles. The summed E-state index contributed by atoms with van der Waals surface area (Å²) in [6.45, 7) is 6.05. The number of nitrogens with zero attached hydrogens (tertiary/aromatic N) is 1. The van der Waals surface area contributed by atoms with Crippen LogP contribution in [0.25, 0.3) is 0 Å². The lowest BCUT2D eigenvalue weighted by Crippen LogP contribution is -2.37. The van der Waals surface area contributed by atoms with E-state index < -0.39 is 5.97 Å². The van der Waals surface area contributed by atoms with E-state index in [0.29, 0.717) is 6.61 Å². The number of piperidine rings is 1. The van der Waals surface area contributed by atoms with Gasteiger partial charge < -0.3 is 14.7 Å². The average molecular weight is 299 g/mol. The van der Waals surface area contributed by atoms with Crippen LogP contribution in [0.3, 0.4) is 0 Å². The van der Waals surface area contributed by atoms with Crippen LogP contribution in [0.2, 0.25) is 0 Å². The van der Waals surface area contributed by atoms with E-state index in [-0.39, 0.29) is 12.5 Å². The number of carbonyl (C=O) groups is 1. The fourth-order valence-electron chi connectivity index (χ4n) is 2.90. The molecule has 1 aliphatic rings. The van der Waals surface area contributed by atoms with Crippen LogP contribution < -0.4 is 0 Å². The molecule has 0 radical (unpaired) electrons. The Hall–Kier alpha value is -0.610. The summed E-state index contributed by atoms with van der Waals surface area (Å²) in [5, 5.41) is 8.59. The number of likely N-dealkylation sites (tertiary alicyclic amines) is 1. The Morgan fingerprint density at radius 3 is 2.33 bits per heavy atom. The molecule has 0 unspecified atom stereocenters. The molecule has 21 heavy (non-hydrogen) atoms. The molecule has 4 heteroatoms. The highest BCUT2D eigenvalue weighted by molar-refractivity contribution is 5.66. The molecule has 1 fully saturated rings. The van der Waals surface area contributed by atoms with Crippen LogP contribution in [0.15, 0.2) is 0 Å². The van der Waals surface area contributed by atoms with Crippen molar-refractivity contribution >= 4 is 5.97 Å². The Labute approximate surface area is 129 Å². The van der Waals surface area contributed by atoms with E-state index >= 15 is 0 Å². The molecule has 0 aliphatic carbocycles. The van der Waals surface area contributed by atoms with Crippen LogP contribution >= 0.6 is 0 Å². The molecule has 4 nitrogen and oxygen atoms in total. The van der Waals surface area contributed by atoms with E-state index in [0.717, 1.165) is 25.9 Å². The summed E-state index contributed by atoms with van der Waals surface area (Å²) >= 11 is 0. The number of ether oxygens (including phenoxy) is 1. The molecular formula is C17H33NO3. The Kier molecular flexibility index (Phi) is 10.5. The highest BCUT2D eigenvalue weighted by Gasteiger charge is 2.19. The molecule has 0 spiro atoms. The van der Waals surface area contributed by atoms with E-state index in [4.69, 9.17) is 9.84 Å². The van der Waals surface area contributed by atoms with E-state index in [1.54, 1.807) is 0 Å². The van der Waals surface area contributed by atoms with E-state index in [9.17, 15) is 4.79 Å². The van der Waals surface area contributed by atoms with E-state index in [1.807, 2.05) is 0 Å². The van der Waals surface area contributed by atoms with Gasteiger partial charge in [0.1, 0.15) is 0 Å². The van der Waals surface area contributed by atoms with Crippen molar-refractivity contribution in [1.29, 1.82) is 0 Å². The van der Waals surface area contributed by atoms with Gasteiger partial charge in [0.05, 0.1) is 19.1 Å². The molecule has 0 aromatic rings. The second-order valence-electron chi connectivity index (χ2n) is 6.18. The van der Waals surface area contributed by atoms with Crippen molar-refractivity contribution in [3.05, 3.63) is 0 Å². The number of aliphatic carboxylic acids is 1. The van der Waals surface area contributed by atoms with Crippen LogP contribution in [-0.4, -0.2) is 48.3 Å². The Balaban J connectivity index is 1.92. The van der Waals surface area contributed by atoms with Gasteiger partial charge in [-0.15, -0.1) is 0 Å².